The summed E-state index contributed by atoms with van der Waals surface area (Å²) in [5, 5.41) is 3.27. The van der Waals surface area contributed by atoms with E-state index in [2.05, 4.69) is 23.9 Å². The monoisotopic (exact) mass is 290 g/mol. The molecule has 1 fully saturated rings. The summed E-state index contributed by atoms with van der Waals surface area (Å²) in [6.07, 6.45) is 6.66. The van der Waals surface area contributed by atoms with Gasteiger partial charge in [0.15, 0.2) is 0 Å². The molecule has 0 amide bonds. The van der Waals surface area contributed by atoms with Crippen LogP contribution < -0.4 is 10.0 Å². The first kappa shape index (κ1) is 16.9. The van der Waals surface area contributed by atoms with E-state index >= 15 is 0 Å². The maximum absolute atomic E-state index is 12.1. The van der Waals surface area contributed by atoms with E-state index in [1.165, 1.54) is 12.8 Å². The molecular formula is C14H30N2O2S. The van der Waals surface area contributed by atoms with Crippen molar-refractivity contribution in [2.75, 3.05) is 25.4 Å². The van der Waals surface area contributed by atoms with Crippen LogP contribution in [0.25, 0.3) is 0 Å². The van der Waals surface area contributed by atoms with Crippen molar-refractivity contribution >= 4 is 10.0 Å². The van der Waals surface area contributed by atoms with Gasteiger partial charge >= 0.3 is 0 Å². The Bertz CT molecular complexity index is 324. The molecule has 1 aliphatic heterocycles. The first-order valence-electron chi connectivity index (χ1n) is 7.75. The van der Waals surface area contributed by atoms with Crippen molar-refractivity contribution in [2.45, 2.75) is 52.4 Å². The van der Waals surface area contributed by atoms with Crippen LogP contribution in [0.5, 0.6) is 0 Å². The summed E-state index contributed by atoms with van der Waals surface area (Å²) in [4.78, 5) is 0. The Hall–Kier alpha value is -0.130. The molecule has 5 heteroatoms. The van der Waals surface area contributed by atoms with Crippen LogP contribution >= 0.6 is 0 Å². The predicted molar refractivity (Wildman–Crippen MR) is 80.7 cm³/mol. The third kappa shape index (κ3) is 7.28. The van der Waals surface area contributed by atoms with Gasteiger partial charge in [0.25, 0.3) is 0 Å². The van der Waals surface area contributed by atoms with E-state index in [9.17, 15) is 8.42 Å². The van der Waals surface area contributed by atoms with Crippen molar-refractivity contribution < 1.29 is 8.42 Å². The molecule has 4 nitrogen and oxygen atoms in total. The fourth-order valence-corrected chi connectivity index (χ4v) is 4.14. The van der Waals surface area contributed by atoms with Crippen molar-refractivity contribution in [1.29, 1.82) is 0 Å². The molecule has 0 spiro atoms. The average molecular weight is 290 g/mol. The second-order valence-corrected chi connectivity index (χ2v) is 7.61. The van der Waals surface area contributed by atoms with E-state index in [-0.39, 0.29) is 11.7 Å². The molecule has 0 bridgehead atoms. The van der Waals surface area contributed by atoms with Crippen LogP contribution in [-0.4, -0.2) is 33.8 Å². The lowest BCUT2D eigenvalue weighted by Gasteiger charge is -2.23. The molecule has 0 saturated carbocycles. The summed E-state index contributed by atoms with van der Waals surface area (Å²) in [5.41, 5.74) is 0. The number of hydrogen-bond donors (Lipinski definition) is 2. The van der Waals surface area contributed by atoms with Gasteiger partial charge in [-0.05, 0) is 44.2 Å². The van der Waals surface area contributed by atoms with Crippen LogP contribution in [0, 0.1) is 11.8 Å². The highest BCUT2D eigenvalue weighted by Crippen LogP contribution is 2.14. The van der Waals surface area contributed by atoms with E-state index in [0.717, 1.165) is 38.8 Å². The van der Waals surface area contributed by atoms with Gasteiger partial charge in [0.1, 0.15) is 0 Å². The number of piperidine rings is 1. The molecule has 114 valence electrons. The Morgan fingerprint density at radius 1 is 1.37 bits per heavy atom. The van der Waals surface area contributed by atoms with Gasteiger partial charge in [-0.2, -0.15) is 0 Å². The van der Waals surface area contributed by atoms with Crippen molar-refractivity contribution in [1.82, 2.24) is 10.0 Å². The molecule has 0 aromatic heterocycles. The van der Waals surface area contributed by atoms with E-state index in [1.807, 2.05) is 0 Å². The first-order valence-corrected chi connectivity index (χ1v) is 9.40. The van der Waals surface area contributed by atoms with E-state index < -0.39 is 10.0 Å². The van der Waals surface area contributed by atoms with Gasteiger partial charge in [0, 0.05) is 6.54 Å². The largest absolute Gasteiger partial charge is 0.316 e. The molecule has 0 aromatic rings. The first-order chi connectivity index (χ1) is 9.07. The molecule has 19 heavy (non-hydrogen) atoms. The van der Waals surface area contributed by atoms with Crippen molar-refractivity contribution in [2.24, 2.45) is 11.8 Å². The van der Waals surface area contributed by atoms with Crippen LogP contribution in [0.4, 0.5) is 0 Å². The minimum Gasteiger partial charge on any atom is -0.316 e. The van der Waals surface area contributed by atoms with E-state index in [4.69, 9.17) is 0 Å². The van der Waals surface area contributed by atoms with Gasteiger partial charge in [0.05, 0.1) is 5.75 Å². The molecule has 1 heterocycles. The Morgan fingerprint density at radius 3 is 2.74 bits per heavy atom. The third-order valence-electron chi connectivity index (χ3n) is 3.99. The van der Waals surface area contributed by atoms with Crippen LogP contribution in [0.2, 0.25) is 0 Å². The summed E-state index contributed by atoms with van der Waals surface area (Å²) in [6.45, 7) is 6.79. The Kier molecular flexibility index (Phi) is 7.95. The zero-order valence-electron chi connectivity index (χ0n) is 12.5. The molecular weight excluding hydrogens is 260 g/mol. The quantitative estimate of drug-likeness (QED) is 0.684. The Balaban J connectivity index is 2.32. The number of unbranched alkanes of at least 4 members (excludes halogenated alkanes) is 1. The highest BCUT2D eigenvalue weighted by atomic mass is 32.2. The second kappa shape index (κ2) is 8.93. The summed E-state index contributed by atoms with van der Waals surface area (Å²) < 4.78 is 26.9. The number of rotatable bonds is 9. The summed E-state index contributed by atoms with van der Waals surface area (Å²) in [5.74, 6) is 1.05. The highest BCUT2D eigenvalue weighted by molar-refractivity contribution is 7.89. The lowest BCUT2D eigenvalue weighted by molar-refractivity contribution is 0.400. The van der Waals surface area contributed by atoms with Gasteiger partial charge in [-0.15, -0.1) is 0 Å². The highest BCUT2D eigenvalue weighted by Gasteiger charge is 2.21. The van der Waals surface area contributed by atoms with Crippen LogP contribution in [0.15, 0.2) is 0 Å². The topological polar surface area (TPSA) is 58.2 Å². The van der Waals surface area contributed by atoms with Gasteiger partial charge in [-0.3, -0.25) is 0 Å². The minimum absolute atomic E-state index is 0.280. The summed E-state index contributed by atoms with van der Waals surface area (Å²) >= 11 is 0. The van der Waals surface area contributed by atoms with E-state index in [1.54, 1.807) is 0 Å². The zero-order chi connectivity index (χ0) is 14.1. The maximum atomic E-state index is 12.1. The Morgan fingerprint density at radius 2 is 2.16 bits per heavy atom. The van der Waals surface area contributed by atoms with Crippen molar-refractivity contribution in [3.63, 3.8) is 0 Å². The Labute approximate surface area is 118 Å². The number of hydrogen-bond acceptors (Lipinski definition) is 3. The normalized spacial score (nSPS) is 22.3. The molecule has 0 aliphatic carbocycles. The maximum Gasteiger partial charge on any atom is 0.211 e. The molecule has 1 rings (SSSR count). The van der Waals surface area contributed by atoms with Crippen LogP contribution in [0.3, 0.4) is 0 Å². The van der Waals surface area contributed by atoms with Crippen molar-refractivity contribution in [3.05, 3.63) is 0 Å². The fraction of sp³-hybridized carbons (Fsp3) is 1.00. The lowest BCUT2D eigenvalue weighted by atomic mass is 10.00. The SMILES string of the molecule is CCCCC(CC)CNS(=O)(=O)CC1CCCNC1. The summed E-state index contributed by atoms with van der Waals surface area (Å²) in [6, 6.07) is 0. The van der Waals surface area contributed by atoms with Crippen molar-refractivity contribution in [3.8, 4) is 0 Å². The number of sulfonamides is 1. The molecule has 1 aliphatic rings. The van der Waals surface area contributed by atoms with E-state index in [0.29, 0.717) is 12.5 Å². The lowest BCUT2D eigenvalue weighted by Crippen LogP contribution is -2.38. The summed E-state index contributed by atoms with van der Waals surface area (Å²) in [7, 11) is -3.10. The molecule has 0 radical (unpaired) electrons. The van der Waals surface area contributed by atoms with Crippen LogP contribution in [0.1, 0.15) is 52.4 Å². The third-order valence-corrected chi connectivity index (χ3v) is 5.51. The van der Waals surface area contributed by atoms with Crippen LogP contribution in [-0.2, 0) is 10.0 Å². The fourth-order valence-electron chi connectivity index (χ4n) is 2.62. The number of nitrogens with one attached hydrogen (secondary N) is 2. The molecule has 0 aromatic carbocycles. The minimum atomic E-state index is -3.10. The standard InChI is InChI=1S/C14H30N2O2S/c1-3-5-7-13(4-2)11-16-19(17,18)12-14-8-6-9-15-10-14/h13-16H,3-12H2,1-2H3. The predicted octanol–water partition coefficient (Wildman–Crippen LogP) is 2.12. The zero-order valence-corrected chi connectivity index (χ0v) is 13.3. The average Bonchev–Trinajstić information content (AvgIpc) is 2.39. The van der Waals surface area contributed by atoms with Gasteiger partial charge in [-0.1, -0.05) is 33.1 Å². The molecule has 2 atom stereocenters. The smallest absolute Gasteiger partial charge is 0.211 e. The molecule has 1 saturated heterocycles. The molecule has 2 unspecified atom stereocenters. The van der Waals surface area contributed by atoms with Gasteiger partial charge < -0.3 is 5.32 Å². The molecule has 2 N–H and O–H groups in total. The second-order valence-electron chi connectivity index (χ2n) is 5.76. The van der Waals surface area contributed by atoms with Gasteiger partial charge in [0.2, 0.25) is 10.0 Å². The van der Waals surface area contributed by atoms with Gasteiger partial charge in [-0.25, -0.2) is 13.1 Å².